The number of nitrogens with one attached hydrogen (secondary N) is 1. The van der Waals surface area contributed by atoms with E-state index in [1.165, 1.54) is 26.2 Å². The van der Waals surface area contributed by atoms with Crippen molar-refractivity contribution in [3.05, 3.63) is 77.9 Å². The van der Waals surface area contributed by atoms with E-state index in [1.807, 2.05) is 17.1 Å². The molecule has 35 heavy (non-hydrogen) atoms. The minimum Gasteiger partial charge on any atom is -0.872 e. The Kier molecular flexibility index (Phi) is 7.05. The van der Waals surface area contributed by atoms with Crippen molar-refractivity contribution >= 4 is 17.4 Å². The summed E-state index contributed by atoms with van der Waals surface area (Å²) in [5.41, 5.74) is 0.767. The van der Waals surface area contributed by atoms with Crippen LogP contribution in [0.4, 0.5) is 0 Å². The van der Waals surface area contributed by atoms with Gasteiger partial charge in [-0.05, 0) is 35.4 Å². The van der Waals surface area contributed by atoms with Crippen LogP contribution in [0.1, 0.15) is 23.6 Å². The number of carbonyl (C=O) groups excluding carboxylic acids is 2. The van der Waals surface area contributed by atoms with Gasteiger partial charge in [0.15, 0.2) is 11.5 Å². The van der Waals surface area contributed by atoms with Gasteiger partial charge in [0.05, 0.1) is 33.9 Å². The van der Waals surface area contributed by atoms with E-state index in [0.29, 0.717) is 35.8 Å². The Bertz CT molecular complexity index is 1250. The Morgan fingerprint density at radius 3 is 2.54 bits per heavy atom. The molecule has 2 heterocycles. The molecule has 9 heteroatoms. The van der Waals surface area contributed by atoms with Crippen LogP contribution in [-0.2, 0) is 16.1 Å². The molecule has 3 aromatic rings. The maximum absolute atomic E-state index is 13.6. The van der Waals surface area contributed by atoms with Gasteiger partial charge in [0.25, 0.3) is 5.91 Å². The summed E-state index contributed by atoms with van der Waals surface area (Å²) < 4.78 is 17.9. The highest BCUT2D eigenvalue weighted by Crippen LogP contribution is 2.41. The van der Waals surface area contributed by atoms with Gasteiger partial charge in [0, 0.05) is 18.5 Å². The lowest BCUT2D eigenvalue weighted by molar-refractivity contribution is -0.695. The van der Waals surface area contributed by atoms with Crippen LogP contribution in [0, 0.1) is 0 Å². The number of methoxy groups -OCH3 is 3. The topological polar surface area (TPSA) is 108 Å². The van der Waals surface area contributed by atoms with Crippen molar-refractivity contribution in [3.8, 4) is 17.2 Å². The number of rotatable bonds is 9. The Morgan fingerprint density at radius 2 is 1.86 bits per heavy atom. The third-order valence-electron chi connectivity index (χ3n) is 6.00. The maximum Gasteiger partial charge on any atom is 0.295 e. The number of ketones is 1. The number of aromatic nitrogens is 2. The first-order valence-corrected chi connectivity index (χ1v) is 11.1. The number of Topliss-reactive ketones (excluding diaryl/α,β-unsaturated/α-hetero) is 1. The Hall–Kier alpha value is -4.27. The van der Waals surface area contributed by atoms with Crippen LogP contribution in [0.2, 0.25) is 0 Å². The van der Waals surface area contributed by atoms with Gasteiger partial charge in [0.2, 0.25) is 12.1 Å². The van der Waals surface area contributed by atoms with Crippen LogP contribution in [0.25, 0.3) is 5.76 Å². The van der Waals surface area contributed by atoms with Crippen LogP contribution in [0.3, 0.4) is 0 Å². The van der Waals surface area contributed by atoms with Crippen molar-refractivity contribution in [2.24, 2.45) is 0 Å². The van der Waals surface area contributed by atoms with E-state index < -0.39 is 23.5 Å². The standard InChI is InChI=1S/C26H27N3O6/c1-33-19-7-4-6-18(14-19)24(30)22-23(17-8-9-20(34-2)21(15-17)35-3)29(26(32)25(22)31)12-5-11-28-13-10-27-16-28/h4,6-10,13-16,23H,5,11-12H2,1-3H3,(H,30,31). The Labute approximate surface area is 203 Å². The van der Waals surface area contributed by atoms with Crippen LogP contribution < -0.4 is 23.9 Å². The van der Waals surface area contributed by atoms with E-state index in [1.54, 1.807) is 48.7 Å². The minimum absolute atomic E-state index is 0.0928. The summed E-state index contributed by atoms with van der Waals surface area (Å²) >= 11 is 0. The molecule has 0 bridgehead atoms. The lowest BCUT2D eigenvalue weighted by Gasteiger charge is -2.28. The quantitative estimate of drug-likeness (QED) is 0.217. The van der Waals surface area contributed by atoms with E-state index in [4.69, 9.17) is 14.2 Å². The second-order valence-electron chi connectivity index (χ2n) is 8.02. The van der Waals surface area contributed by atoms with Crippen molar-refractivity contribution in [1.29, 1.82) is 0 Å². The molecule has 0 radical (unpaired) electrons. The molecule has 1 atom stereocenters. The van der Waals surface area contributed by atoms with E-state index in [-0.39, 0.29) is 17.7 Å². The van der Waals surface area contributed by atoms with Crippen molar-refractivity contribution in [2.45, 2.75) is 19.0 Å². The normalized spacial score (nSPS) is 17.0. The molecule has 1 aliphatic heterocycles. The molecular weight excluding hydrogens is 450 g/mol. The summed E-state index contributed by atoms with van der Waals surface area (Å²) in [6, 6.07) is 10.8. The molecule has 1 unspecified atom stereocenters. The molecule has 1 saturated heterocycles. The van der Waals surface area contributed by atoms with E-state index in [0.717, 1.165) is 0 Å². The SMILES string of the molecule is COc1cccc(/C([O-])=C2\C(=O)C(=O)N(CCC[n+]3cc[nH]c3)C2c2ccc(OC)c(OC)c2)c1. The average Bonchev–Trinajstić information content (AvgIpc) is 3.50. The third kappa shape index (κ3) is 4.70. The molecule has 1 aliphatic rings. The largest absolute Gasteiger partial charge is 0.872 e. The van der Waals surface area contributed by atoms with Gasteiger partial charge in [0.1, 0.15) is 18.1 Å². The van der Waals surface area contributed by atoms with Gasteiger partial charge in [-0.15, -0.1) is 0 Å². The van der Waals surface area contributed by atoms with Gasteiger partial charge in [-0.25, -0.2) is 4.57 Å². The van der Waals surface area contributed by atoms with Crippen molar-refractivity contribution in [3.63, 3.8) is 0 Å². The molecule has 1 fully saturated rings. The number of H-pyrrole nitrogens is 1. The fraction of sp³-hybridized carbons (Fsp3) is 0.269. The second-order valence-corrected chi connectivity index (χ2v) is 8.02. The molecular formula is C26H27N3O6. The summed E-state index contributed by atoms with van der Waals surface area (Å²) in [5.74, 6) is -0.585. The van der Waals surface area contributed by atoms with Gasteiger partial charge >= 0.3 is 0 Å². The van der Waals surface area contributed by atoms with E-state index >= 15 is 0 Å². The summed E-state index contributed by atoms with van der Waals surface area (Å²) in [4.78, 5) is 30.8. The number of ether oxygens (including phenoxy) is 3. The first-order chi connectivity index (χ1) is 17.0. The van der Waals surface area contributed by atoms with Crippen LogP contribution in [0.5, 0.6) is 17.2 Å². The molecule has 0 saturated carbocycles. The first-order valence-electron chi connectivity index (χ1n) is 11.1. The Morgan fingerprint density at radius 1 is 1.06 bits per heavy atom. The van der Waals surface area contributed by atoms with Crippen LogP contribution in [0.15, 0.2) is 66.8 Å². The summed E-state index contributed by atoms with van der Waals surface area (Å²) in [7, 11) is 4.52. The van der Waals surface area contributed by atoms with E-state index in [9.17, 15) is 14.7 Å². The van der Waals surface area contributed by atoms with Gasteiger partial charge in [-0.3, -0.25) is 14.6 Å². The molecule has 2 aromatic carbocycles. The lowest BCUT2D eigenvalue weighted by Crippen LogP contribution is -2.36. The molecule has 1 aromatic heterocycles. The summed E-state index contributed by atoms with van der Waals surface area (Å²) in [5, 5.41) is 13.6. The predicted octanol–water partition coefficient (Wildman–Crippen LogP) is 1.64. The van der Waals surface area contributed by atoms with Crippen molar-refractivity contribution in [1.82, 2.24) is 9.88 Å². The first kappa shape index (κ1) is 23.9. The maximum atomic E-state index is 13.6. The fourth-order valence-electron chi connectivity index (χ4n) is 4.27. The molecule has 9 nitrogen and oxygen atoms in total. The number of hydrogen-bond donors (Lipinski definition) is 1. The highest BCUT2D eigenvalue weighted by atomic mass is 16.5. The van der Waals surface area contributed by atoms with Crippen LogP contribution >= 0.6 is 0 Å². The minimum atomic E-state index is -0.857. The van der Waals surface area contributed by atoms with Gasteiger partial charge in [-0.1, -0.05) is 24.0 Å². The highest BCUT2D eigenvalue weighted by molar-refractivity contribution is 6.46. The van der Waals surface area contributed by atoms with Crippen molar-refractivity contribution < 1.29 is 33.5 Å². The molecule has 1 amide bonds. The number of aromatic amines is 1. The second kappa shape index (κ2) is 10.3. The number of nitrogens with zero attached hydrogens (tertiary/aromatic N) is 2. The number of carbonyl (C=O) groups is 2. The molecule has 0 spiro atoms. The molecule has 0 aliphatic carbocycles. The molecule has 4 rings (SSSR count). The fourth-order valence-corrected chi connectivity index (χ4v) is 4.27. The molecule has 1 N–H and O–H groups in total. The summed E-state index contributed by atoms with van der Waals surface area (Å²) in [6.45, 7) is 0.927. The van der Waals surface area contributed by atoms with Gasteiger partial charge in [-0.2, -0.15) is 0 Å². The lowest BCUT2D eigenvalue weighted by atomic mass is 9.95. The van der Waals surface area contributed by atoms with E-state index in [2.05, 4.69) is 4.98 Å². The zero-order chi connectivity index (χ0) is 24.9. The number of aryl methyl sites for hydroxylation is 1. The van der Waals surface area contributed by atoms with Gasteiger partial charge < -0.3 is 24.2 Å². The number of amides is 1. The zero-order valence-corrected chi connectivity index (χ0v) is 19.8. The van der Waals surface area contributed by atoms with Crippen LogP contribution in [-0.4, -0.2) is 49.4 Å². The molecule has 182 valence electrons. The number of imidazole rings is 1. The monoisotopic (exact) mass is 477 g/mol. The zero-order valence-electron chi connectivity index (χ0n) is 19.8. The summed E-state index contributed by atoms with van der Waals surface area (Å²) in [6.07, 6.45) is 6.08. The number of hydrogen-bond acceptors (Lipinski definition) is 6. The smallest absolute Gasteiger partial charge is 0.295 e. The highest BCUT2D eigenvalue weighted by Gasteiger charge is 2.44. The predicted molar refractivity (Wildman–Crippen MR) is 125 cm³/mol. The average molecular weight is 478 g/mol. The number of benzene rings is 2. The third-order valence-corrected chi connectivity index (χ3v) is 6.00. The Balaban J connectivity index is 1.78. The number of likely N-dealkylation sites (tertiary alicyclic amines) is 1. The van der Waals surface area contributed by atoms with Crippen molar-refractivity contribution in [2.75, 3.05) is 27.9 Å².